The summed E-state index contributed by atoms with van der Waals surface area (Å²) in [6.07, 6.45) is 2.22. The van der Waals surface area contributed by atoms with Crippen LogP contribution in [-0.4, -0.2) is 46.2 Å². The largest absolute Gasteiger partial charge is 0.461 e. The Labute approximate surface area is 232 Å². The van der Waals surface area contributed by atoms with Crippen LogP contribution in [0.1, 0.15) is 54.1 Å². The average Bonchev–Trinajstić information content (AvgIpc) is 3.40. The summed E-state index contributed by atoms with van der Waals surface area (Å²) < 4.78 is 63.8. The lowest BCUT2D eigenvalue weighted by molar-refractivity contribution is -0.154. The van der Waals surface area contributed by atoms with Gasteiger partial charge in [-0.25, -0.2) is 17.6 Å². The highest BCUT2D eigenvalue weighted by molar-refractivity contribution is 6.11. The first-order valence-corrected chi connectivity index (χ1v) is 13.1. The van der Waals surface area contributed by atoms with E-state index in [2.05, 4.69) is 5.32 Å². The molecule has 4 N–H and O–H groups in total. The van der Waals surface area contributed by atoms with Crippen LogP contribution in [0.5, 0.6) is 0 Å². The molecule has 0 amide bonds. The highest BCUT2D eigenvalue weighted by atomic mass is 19.1. The fraction of sp³-hybridized carbons (Fsp3) is 0.345. The van der Waals surface area contributed by atoms with Crippen molar-refractivity contribution in [1.29, 1.82) is 0 Å². The number of carbonyl (C=O) groups is 2. The maximum atomic E-state index is 15.2. The molecule has 0 unspecified atom stereocenters. The minimum atomic E-state index is -1.17. The summed E-state index contributed by atoms with van der Waals surface area (Å²) in [6.45, 7) is 1.48. The Morgan fingerprint density at radius 1 is 1.02 bits per heavy atom. The van der Waals surface area contributed by atoms with Crippen molar-refractivity contribution >= 4 is 17.6 Å². The van der Waals surface area contributed by atoms with Crippen molar-refractivity contribution in [3.05, 3.63) is 92.8 Å². The monoisotopic (exact) mass is 575 g/mol. The molecule has 2 atom stereocenters. The smallest absolute Gasteiger partial charge is 0.326 e. The van der Waals surface area contributed by atoms with E-state index < -0.39 is 75.4 Å². The standard InChI is InChI=1S/C29H29F4N3O5/c1-15(37)25(29(40)41-18-4-2-3-5-18)35-11-10-16-12-22(32)26(23(33)13-16)36-24(38)9-8-20(28(36)34)27(39)19-7-6-17(30)14-21(19)31/h6-9,12-15,18,25,35,37H,2-5,10-11,34H2,1H3/t15-,25+/m1/s1. The Kier molecular flexibility index (Phi) is 9.24. The predicted molar refractivity (Wildman–Crippen MR) is 142 cm³/mol. The van der Waals surface area contributed by atoms with Gasteiger partial charge in [0.25, 0.3) is 5.56 Å². The normalized spacial score (nSPS) is 15.1. The number of benzene rings is 2. The molecule has 0 saturated heterocycles. The Bertz CT molecular complexity index is 1500. The summed E-state index contributed by atoms with van der Waals surface area (Å²) in [4.78, 5) is 38.0. The number of rotatable bonds is 10. The van der Waals surface area contributed by atoms with Gasteiger partial charge in [0.1, 0.15) is 35.3 Å². The van der Waals surface area contributed by atoms with Gasteiger partial charge < -0.3 is 20.9 Å². The molecule has 41 heavy (non-hydrogen) atoms. The molecule has 12 heteroatoms. The molecular weight excluding hydrogens is 546 g/mol. The molecule has 0 bridgehead atoms. The fourth-order valence-corrected chi connectivity index (χ4v) is 4.84. The van der Waals surface area contributed by atoms with E-state index in [1.54, 1.807) is 0 Å². The van der Waals surface area contributed by atoms with Gasteiger partial charge in [-0.05, 0) is 74.9 Å². The summed E-state index contributed by atoms with van der Waals surface area (Å²) in [6, 6.07) is 4.99. The van der Waals surface area contributed by atoms with Crippen LogP contribution in [-0.2, 0) is 16.0 Å². The highest BCUT2D eigenvalue weighted by Gasteiger charge is 2.29. The quantitative estimate of drug-likeness (QED) is 0.192. The molecule has 218 valence electrons. The van der Waals surface area contributed by atoms with E-state index in [0.29, 0.717) is 10.6 Å². The minimum absolute atomic E-state index is 0.0425. The van der Waals surface area contributed by atoms with Crippen LogP contribution in [0.25, 0.3) is 5.69 Å². The van der Waals surface area contributed by atoms with Gasteiger partial charge in [0.05, 0.1) is 17.2 Å². The van der Waals surface area contributed by atoms with Gasteiger partial charge in [0.15, 0.2) is 17.4 Å². The third kappa shape index (κ3) is 6.66. The molecule has 3 aromatic rings. The number of anilines is 1. The van der Waals surface area contributed by atoms with Crippen molar-refractivity contribution in [2.75, 3.05) is 12.3 Å². The molecule has 4 rings (SSSR count). The number of nitrogen functional groups attached to an aromatic ring is 1. The van der Waals surface area contributed by atoms with Crippen LogP contribution in [0.3, 0.4) is 0 Å². The number of ether oxygens (including phenoxy) is 1. The third-order valence-electron chi connectivity index (χ3n) is 6.95. The summed E-state index contributed by atoms with van der Waals surface area (Å²) >= 11 is 0. The van der Waals surface area contributed by atoms with Crippen molar-refractivity contribution in [3.63, 3.8) is 0 Å². The molecule has 1 fully saturated rings. The van der Waals surface area contributed by atoms with Crippen LogP contribution >= 0.6 is 0 Å². The first-order valence-electron chi connectivity index (χ1n) is 13.1. The maximum absolute atomic E-state index is 15.2. The van der Waals surface area contributed by atoms with Gasteiger partial charge in [-0.2, -0.15) is 0 Å². The number of carbonyl (C=O) groups excluding carboxylic acids is 2. The second-order valence-electron chi connectivity index (χ2n) is 9.93. The van der Waals surface area contributed by atoms with Gasteiger partial charge in [-0.3, -0.25) is 19.0 Å². The molecule has 1 saturated carbocycles. The van der Waals surface area contributed by atoms with Gasteiger partial charge >= 0.3 is 5.97 Å². The number of aromatic nitrogens is 1. The average molecular weight is 576 g/mol. The highest BCUT2D eigenvalue weighted by Crippen LogP contribution is 2.25. The Balaban J connectivity index is 1.54. The first kappa shape index (κ1) is 29.9. The fourth-order valence-electron chi connectivity index (χ4n) is 4.84. The van der Waals surface area contributed by atoms with Crippen LogP contribution < -0.4 is 16.6 Å². The molecule has 8 nitrogen and oxygen atoms in total. The summed E-state index contributed by atoms with van der Waals surface area (Å²) in [5.74, 6) is -6.69. The molecule has 0 spiro atoms. The van der Waals surface area contributed by atoms with Crippen LogP contribution in [0.4, 0.5) is 23.4 Å². The number of nitrogens with zero attached hydrogens (tertiary/aromatic N) is 1. The summed E-state index contributed by atoms with van der Waals surface area (Å²) in [7, 11) is 0. The predicted octanol–water partition coefficient (Wildman–Crippen LogP) is 3.57. The third-order valence-corrected chi connectivity index (χ3v) is 6.95. The van der Waals surface area contributed by atoms with E-state index in [4.69, 9.17) is 10.5 Å². The second-order valence-corrected chi connectivity index (χ2v) is 9.93. The van der Waals surface area contributed by atoms with E-state index in [0.717, 1.165) is 62.1 Å². The molecular formula is C29H29F4N3O5. The molecule has 1 heterocycles. The molecule has 2 aromatic carbocycles. The number of esters is 1. The van der Waals surface area contributed by atoms with Crippen molar-refractivity contribution in [2.24, 2.45) is 0 Å². The lowest BCUT2D eigenvalue weighted by atomic mass is 10.0. The zero-order valence-corrected chi connectivity index (χ0v) is 22.1. The molecule has 1 aromatic heterocycles. The lowest BCUT2D eigenvalue weighted by Crippen LogP contribution is -2.47. The van der Waals surface area contributed by atoms with Crippen LogP contribution in [0.15, 0.2) is 47.3 Å². The number of aliphatic hydroxyl groups excluding tert-OH is 1. The molecule has 1 aliphatic carbocycles. The number of aliphatic hydroxyl groups is 1. The second kappa shape index (κ2) is 12.6. The summed E-state index contributed by atoms with van der Waals surface area (Å²) in [5, 5.41) is 12.9. The van der Waals surface area contributed by atoms with E-state index >= 15 is 8.78 Å². The number of pyridine rings is 1. The number of ketones is 1. The molecule has 1 aliphatic rings. The number of halogens is 4. The van der Waals surface area contributed by atoms with E-state index in [1.165, 1.54) is 6.92 Å². The van der Waals surface area contributed by atoms with E-state index in [9.17, 15) is 28.3 Å². The number of hydrogen-bond donors (Lipinski definition) is 3. The summed E-state index contributed by atoms with van der Waals surface area (Å²) in [5.41, 5.74) is 3.37. The number of nitrogens with one attached hydrogen (secondary N) is 1. The van der Waals surface area contributed by atoms with Crippen molar-refractivity contribution in [1.82, 2.24) is 9.88 Å². The van der Waals surface area contributed by atoms with E-state index in [-0.39, 0.29) is 24.6 Å². The lowest BCUT2D eigenvalue weighted by Gasteiger charge is -2.22. The zero-order chi connectivity index (χ0) is 29.8. The number of nitrogens with two attached hydrogens (primary N) is 1. The zero-order valence-electron chi connectivity index (χ0n) is 22.1. The van der Waals surface area contributed by atoms with Crippen molar-refractivity contribution < 1.29 is 37.0 Å². The SMILES string of the molecule is C[C@@H](O)[C@H](NCCc1cc(F)c(-n2c(N)c(C(=O)c3ccc(F)cc3F)ccc2=O)c(F)c1)C(=O)OC1CCCC1. The maximum Gasteiger partial charge on any atom is 0.326 e. The van der Waals surface area contributed by atoms with Crippen molar-refractivity contribution in [3.8, 4) is 5.69 Å². The Morgan fingerprint density at radius 2 is 1.66 bits per heavy atom. The van der Waals surface area contributed by atoms with Crippen molar-refractivity contribution in [2.45, 2.75) is 57.3 Å². The van der Waals surface area contributed by atoms with Gasteiger partial charge in [0, 0.05) is 18.7 Å². The van der Waals surface area contributed by atoms with E-state index in [1.807, 2.05) is 0 Å². The topological polar surface area (TPSA) is 124 Å². The minimum Gasteiger partial charge on any atom is -0.461 e. The molecule has 0 radical (unpaired) electrons. The van der Waals surface area contributed by atoms with Gasteiger partial charge in [-0.1, -0.05) is 0 Å². The Morgan fingerprint density at radius 3 is 2.27 bits per heavy atom. The van der Waals surface area contributed by atoms with Gasteiger partial charge in [0.2, 0.25) is 0 Å². The first-order chi connectivity index (χ1) is 19.5. The van der Waals surface area contributed by atoms with Crippen LogP contribution in [0.2, 0.25) is 0 Å². The molecule has 0 aliphatic heterocycles. The number of hydrogen-bond acceptors (Lipinski definition) is 7. The van der Waals surface area contributed by atoms with Crippen LogP contribution in [0, 0.1) is 23.3 Å². The Hall–Kier alpha value is -4.03. The van der Waals surface area contributed by atoms with Gasteiger partial charge in [-0.15, -0.1) is 0 Å².